The molecule has 192 valence electrons. The summed E-state index contributed by atoms with van der Waals surface area (Å²) in [7, 11) is 4.14. The number of anilines is 3. The summed E-state index contributed by atoms with van der Waals surface area (Å²) in [5.74, 6) is 1.69. The van der Waals surface area contributed by atoms with Gasteiger partial charge in [-0.25, -0.2) is 9.78 Å². The third-order valence-corrected chi connectivity index (χ3v) is 7.51. The highest BCUT2D eigenvalue weighted by molar-refractivity contribution is 5.94. The zero-order valence-electron chi connectivity index (χ0n) is 22.4. The van der Waals surface area contributed by atoms with Crippen LogP contribution in [-0.4, -0.2) is 37.7 Å². The molecular weight excluding hydrogens is 446 g/mol. The van der Waals surface area contributed by atoms with Crippen molar-refractivity contribution in [1.82, 2.24) is 4.98 Å². The number of rotatable bonds is 8. The number of hydrogen-bond acceptors (Lipinski definition) is 4. The second kappa shape index (κ2) is 11.2. The number of urea groups is 1. The zero-order valence-corrected chi connectivity index (χ0v) is 22.4. The Balaban J connectivity index is 1.46. The minimum atomic E-state index is -0.352. The molecule has 0 spiro atoms. The average molecular weight is 488 g/mol. The van der Waals surface area contributed by atoms with Crippen LogP contribution < -0.4 is 20.9 Å². The highest BCUT2D eigenvalue weighted by Crippen LogP contribution is 2.35. The van der Waals surface area contributed by atoms with Gasteiger partial charge in [-0.1, -0.05) is 57.2 Å². The maximum absolute atomic E-state index is 12.6. The van der Waals surface area contributed by atoms with Crippen LogP contribution in [0.4, 0.5) is 22.0 Å². The van der Waals surface area contributed by atoms with Gasteiger partial charge in [0.05, 0.1) is 11.2 Å². The number of para-hydroxylation sites is 2. The van der Waals surface area contributed by atoms with Crippen molar-refractivity contribution in [3.63, 3.8) is 0 Å². The number of benzene rings is 2. The van der Waals surface area contributed by atoms with Crippen molar-refractivity contribution in [3.8, 4) is 0 Å². The van der Waals surface area contributed by atoms with Crippen LogP contribution in [0.15, 0.2) is 48.5 Å². The number of carbonyl (C=O) groups is 1. The first-order chi connectivity index (χ1) is 17.3. The summed E-state index contributed by atoms with van der Waals surface area (Å²) in [4.78, 5) is 21.5. The number of nitrogens with two attached hydrogens (primary N) is 1. The lowest BCUT2D eigenvalue weighted by Gasteiger charge is -2.34. The standard InChI is InChI=1S/C30H41N5O/c1-6-22-10-9-12-24(20(2)3)29(22)35(30(31)36)19-21-14-16-23(17-15-21)32-28-18-27(34(4)5)25-11-7-8-13-26(25)33-28/h7-13,18,20-21,23H,6,14-17,19H2,1-5H3,(H2,31,36)(H,32,33)/t21-,23+. The lowest BCUT2D eigenvalue weighted by Crippen LogP contribution is -2.42. The van der Waals surface area contributed by atoms with Gasteiger partial charge in [0.15, 0.2) is 0 Å². The van der Waals surface area contributed by atoms with E-state index in [1.165, 1.54) is 16.8 Å². The predicted molar refractivity (Wildman–Crippen MR) is 152 cm³/mol. The quantitative estimate of drug-likeness (QED) is 0.378. The molecule has 1 aliphatic carbocycles. The fraction of sp³-hybridized carbons (Fsp3) is 0.467. The molecule has 36 heavy (non-hydrogen) atoms. The fourth-order valence-electron chi connectivity index (χ4n) is 5.54. The number of aryl methyl sites for hydroxylation is 1. The van der Waals surface area contributed by atoms with Crippen LogP contribution >= 0.6 is 0 Å². The normalized spacial score (nSPS) is 17.8. The summed E-state index contributed by atoms with van der Waals surface area (Å²) in [5.41, 5.74) is 11.5. The third-order valence-electron chi connectivity index (χ3n) is 7.51. The van der Waals surface area contributed by atoms with Crippen molar-refractivity contribution in [2.75, 3.05) is 35.8 Å². The van der Waals surface area contributed by atoms with Gasteiger partial charge in [0.25, 0.3) is 0 Å². The van der Waals surface area contributed by atoms with Gasteiger partial charge in [-0.05, 0) is 61.1 Å². The van der Waals surface area contributed by atoms with E-state index in [1.54, 1.807) is 0 Å². The van der Waals surface area contributed by atoms with E-state index in [1.807, 2.05) is 11.0 Å². The van der Waals surface area contributed by atoms with Crippen LogP contribution in [0.5, 0.6) is 0 Å². The summed E-state index contributed by atoms with van der Waals surface area (Å²) in [6.45, 7) is 7.17. The van der Waals surface area contributed by atoms with E-state index >= 15 is 0 Å². The maximum atomic E-state index is 12.6. The molecule has 1 heterocycles. The van der Waals surface area contributed by atoms with Crippen molar-refractivity contribution in [1.29, 1.82) is 0 Å². The van der Waals surface area contributed by atoms with Gasteiger partial charge in [-0.15, -0.1) is 0 Å². The number of hydrogen-bond donors (Lipinski definition) is 2. The Bertz CT molecular complexity index is 1200. The lowest BCUT2D eigenvalue weighted by atomic mass is 9.85. The second-order valence-electron chi connectivity index (χ2n) is 10.6. The topological polar surface area (TPSA) is 74.5 Å². The molecule has 2 aromatic carbocycles. The number of primary amides is 1. The van der Waals surface area contributed by atoms with E-state index in [0.29, 0.717) is 24.4 Å². The van der Waals surface area contributed by atoms with Gasteiger partial charge in [-0.3, -0.25) is 4.90 Å². The summed E-state index contributed by atoms with van der Waals surface area (Å²) in [5, 5.41) is 4.86. The molecule has 1 aliphatic rings. The van der Waals surface area contributed by atoms with Crippen LogP contribution in [0.25, 0.3) is 10.9 Å². The van der Waals surface area contributed by atoms with E-state index in [0.717, 1.165) is 54.5 Å². The molecule has 0 radical (unpaired) electrons. The molecule has 2 amide bonds. The van der Waals surface area contributed by atoms with Crippen LogP contribution in [0.2, 0.25) is 0 Å². The van der Waals surface area contributed by atoms with Crippen molar-refractivity contribution in [2.24, 2.45) is 11.7 Å². The molecule has 0 saturated heterocycles. The van der Waals surface area contributed by atoms with E-state index in [2.05, 4.69) is 87.5 Å². The van der Waals surface area contributed by atoms with Crippen molar-refractivity contribution in [2.45, 2.75) is 64.8 Å². The predicted octanol–water partition coefficient (Wildman–Crippen LogP) is 6.54. The molecule has 3 N–H and O–H groups in total. The van der Waals surface area contributed by atoms with Crippen LogP contribution in [0, 0.1) is 5.92 Å². The molecule has 6 heteroatoms. The number of nitrogens with zero attached hydrogens (tertiary/aromatic N) is 3. The van der Waals surface area contributed by atoms with Crippen molar-refractivity contribution in [3.05, 3.63) is 59.7 Å². The van der Waals surface area contributed by atoms with E-state index < -0.39 is 0 Å². The average Bonchev–Trinajstić information content (AvgIpc) is 2.87. The number of nitrogens with one attached hydrogen (secondary N) is 1. The molecule has 6 nitrogen and oxygen atoms in total. The maximum Gasteiger partial charge on any atom is 0.319 e. The summed E-state index contributed by atoms with van der Waals surface area (Å²) in [6, 6.07) is 16.8. The lowest BCUT2D eigenvalue weighted by molar-refractivity contribution is 0.250. The van der Waals surface area contributed by atoms with E-state index in [4.69, 9.17) is 10.7 Å². The van der Waals surface area contributed by atoms with Crippen LogP contribution in [-0.2, 0) is 6.42 Å². The molecule has 3 aromatic rings. The third kappa shape index (κ3) is 5.58. The highest BCUT2D eigenvalue weighted by Gasteiger charge is 2.28. The first kappa shape index (κ1) is 25.8. The van der Waals surface area contributed by atoms with Gasteiger partial charge < -0.3 is 16.0 Å². The minimum absolute atomic E-state index is 0.329. The van der Waals surface area contributed by atoms with E-state index in [9.17, 15) is 4.79 Å². The molecule has 0 bridgehead atoms. The summed E-state index contributed by atoms with van der Waals surface area (Å²) < 4.78 is 0. The Hall–Kier alpha value is -3.28. The summed E-state index contributed by atoms with van der Waals surface area (Å²) >= 11 is 0. The van der Waals surface area contributed by atoms with Gasteiger partial charge in [0, 0.05) is 43.8 Å². The second-order valence-corrected chi connectivity index (χ2v) is 10.6. The molecule has 0 unspecified atom stereocenters. The smallest absolute Gasteiger partial charge is 0.319 e. The van der Waals surface area contributed by atoms with Crippen LogP contribution in [0.3, 0.4) is 0 Å². The van der Waals surface area contributed by atoms with Crippen LogP contribution in [0.1, 0.15) is 63.5 Å². The van der Waals surface area contributed by atoms with Crippen molar-refractivity contribution >= 4 is 34.1 Å². The molecule has 1 aromatic heterocycles. The Morgan fingerprint density at radius 1 is 1.08 bits per heavy atom. The number of aromatic nitrogens is 1. The number of carbonyl (C=O) groups excluding carboxylic acids is 1. The number of fused-ring (bicyclic) bond motifs is 1. The summed E-state index contributed by atoms with van der Waals surface area (Å²) in [6.07, 6.45) is 5.09. The molecule has 1 fully saturated rings. The highest BCUT2D eigenvalue weighted by atomic mass is 16.2. The van der Waals surface area contributed by atoms with E-state index in [-0.39, 0.29) is 6.03 Å². The Labute approximate surface area is 215 Å². The first-order valence-corrected chi connectivity index (χ1v) is 13.3. The number of pyridine rings is 1. The fourth-order valence-corrected chi connectivity index (χ4v) is 5.54. The zero-order chi connectivity index (χ0) is 25.8. The Morgan fingerprint density at radius 3 is 2.44 bits per heavy atom. The first-order valence-electron chi connectivity index (χ1n) is 13.3. The van der Waals surface area contributed by atoms with Crippen molar-refractivity contribution < 1.29 is 4.79 Å². The largest absolute Gasteiger partial charge is 0.377 e. The minimum Gasteiger partial charge on any atom is -0.377 e. The molecule has 0 atom stereocenters. The van der Waals surface area contributed by atoms with Gasteiger partial charge in [0.2, 0.25) is 0 Å². The SMILES string of the molecule is CCc1cccc(C(C)C)c1N(C[C@H]1CC[C@@H](Nc2cc(N(C)C)c3ccccc3n2)CC1)C(N)=O. The monoisotopic (exact) mass is 487 g/mol. The molecule has 1 saturated carbocycles. The molecule has 4 rings (SSSR count). The Kier molecular flexibility index (Phi) is 8.02. The Morgan fingerprint density at radius 2 is 1.81 bits per heavy atom. The van der Waals surface area contributed by atoms with Gasteiger partial charge in [0.1, 0.15) is 5.82 Å². The molecule has 0 aliphatic heterocycles. The molecular formula is C30H41N5O. The van der Waals surface area contributed by atoms with Gasteiger partial charge >= 0.3 is 6.03 Å². The number of amides is 2. The van der Waals surface area contributed by atoms with Gasteiger partial charge in [-0.2, -0.15) is 0 Å².